The van der Waals surface area contributed by atoms with Crippen LogP contribution in [0.1, 0.15) is 38.4 Å². The van der Waals surface area contributed by atoms with E-state index in [9.17, 15) is 14.9 Å². The number of rotatable bonds is 7. The molecule has 3 fully saturated rings. The molecule has 2 N–H and O–H groups in total. The van der Waals surface area contributed by atoms with Crippen LogP contribution in [0.4, 0.5) is 10.6 Å². The number of anilines is 1. The number of ether oxygens (including phenoxy) is 2. The van der Waals surface area contributed by atoms with Crippen LogP contribution in [0.15, 0.2) is 78.6 Å². The van der Waals surface area contributed by atoms with Crippen molar-refractivity contribution in [3.8, 4) is 28.8 Å². The second kappa shape index (κ2) is 12.7. The van der Waals surface area contributed by atoms with Gasteiger partial charge in [0.25, 0.3) is 5.91 Å². The molecule has 12 heteroatoms. The number of para-hydroxylation sites is 1. The van der Waals surface area contributed by atoms with Gasteiger partial charge in [-0.2, -0.15) is 5.26 Å². The first-order chi connectivity index (χ1) is 23.2. The summed E-state index contributed by atoms with van der Waals surface area (Å²) in [6.45, 7) is 7.13. The van der Waals surface area contributed by atoms with Gasteiger partial charge in [-0.05, 0) is 69.2 Å². The summed E-state index contributed by atoms with van der Waals surface area (Å²) in [5.74, 6) is 2.26. The Labute approximate surface area is 279 Å². The molecule has 0 radical (unpaired) electrons. The molecule has 48 heavy (non-hydrogen) atoms. The molecule has 0 saturated carbocycles. The molecule has 12 nitrogen and oxygen atoms in total. The summed E-state index contributed by atoms with van der Waals surface area (Å²) in [6, 6.07) is 19.5. The number of piperidine rings is 1. The van der Waals surface area contributed by atoms with Crippen LogP contribution in [0.2, 0.25) is 0 Å². The number of amides is 2. The average Bonchev–Trinajstić information content (AvgIpc) is 3.69. The summed E-state index contributed by atoms with van der Waals surface area (Å²) >= 11 is 0. The zero-order chi connectivity index (χ0) is 33.4. The van der Waals surface area contributed by atoms with Gasteiger partial charge in [0.2, 0.25) is 0 Å². The molecule has 3 saturated heterocycles. The number of hydrogen-bond acceptors (Lipinski definition) is 9. The Morgan fingerprint density at radius 1 is 1.08 bits per heavy atom. The number of carbonyl (C=O) groups is 2. The molecule has 2 aromatic carbocycles. The molecule has 2 aromatic heterocycles. The van der Waals surface area contributed by atoms with Crippen LogP contribution in [0.25, 0.3) is 16.8 Å². The number of nitrogens with two attached hydrogens (primary N) is 1. The first kappa shape index (κ1) is 31.2. The van der Waals surface area contributed by atoms with Gasteiger partial charge >= 0.3 is 6.09 Å². The van der Waals surface area contributed by atoms with Crippen LogP contribution in [0.3, 0.4) is 0 Å². The van der Waals surface area contributed by atoms with Crippen LogP contribution in [0.5, 0.6) is 11.5 Å². The van der Waals surface area contributed by atoms with Crippen molar-refractivity contribution in [3.63, 3.8) is 0 Å². The van der Waals surface area contributed by atoms with Gasteiger partial charge in [-0.15, -0.1) is 0 Å². The number of cyclic esters (lactones) is 1. The Morgan fingerprint density at radius 3 is 2.62 bits per heavy atom. The molecular formula is C36H38N8O4. The highest BCUT2D eigenvalue weighted by Gasteiger charge is 2.41. The standard InChI is InChI=1S/C36H38N8O4/c1-36(2,42-17-18-43-27(22-42)23-47-35(43)46)19-26(20-37)34(45)41-15-6-7-25(21-41)33-40-30(31-32(38)39-14-16-44(31)33)24-10-12-29(13-11-24)48-28-8-4-3-5-9-28/h3-5,8-14,16,19,25,27H,6-7,15,17-18,21-23H2,1-2H3,(H2,38,39)/b26-19-/t25-,27+/m1/s1. The lowest BCUT2D eigenvalue weighted by Gasteiger charge is -2.43. The van der Waals surface area contributed by atoms with E-state index in [4.69, 9.17) is 20.2 Å². The third-order valence-electron chi connectivity index (χ3n) is 9.57. The van der Waals surface area contributed by atoms with Gasteiger partial charge in [0.1, 0.15) is 52.6 Å². The van der Waals surface area contributed by atoms with Crippen LogP contribution in [0, 0.1) is 11.3 Å². The Morgan fingerprint density at radius 2 is 1.85 bits per heavy atom. The molecule has 0 aliphatic carbocycles. The lowest BCUT2D eigenvalue weighted by atomic mass is 9.94. The predicted molar refractivity (Wildman–Crippen MR) is 179 cm³/mol. The van der Waals surface area contributed by atoms with E-state index < -0.39 is 5.54 Å². The molecule has 5 heterocycles. The molecule has 7 rings (SSSR count). The van der Waals surface area contributed by atoms with Gasteiger partial charge in [0.05, 0.1) is 6.04 Å². The molecule has 3 aliphatic rings. The molecule has 2 amide bonds. The minimum atomic E-state index is -0.575. The Bertz CT molecular complexity index is 1910. The van der Waals surface area contributed by atoms with Crippen LogP contribution >= 0.6 is 0 Å². The van der Waals surface area contributed by atoms with E-state index in [1.54, 1.807) is 22.1 Å². The average molecular weight is 647 g/mol. The third kappa shape index (κ3) is 5.93. The fourth-order valence-electron chi connectivity index (χ4n) is 7.02. The van der Waals surface area contributed by atoms with Gasteiger partial charge in [-0.25, -0.2) is 14.8 Å². The van der Waals surface area contributed by atoms with Crippen molar-refractivity contribution >= 4 is 23.3 Å². The maximum atomic E-state index is 13.9. The first-order valence-corrected chi connectivity index (χ1v) is 16.3. The van der Waals surface area contributed by atoms with E-state index >= 15 is 0 Å². The quantitative estimate of drug-likeness (QED) is 0.220. The van der Waals surface area contributed by atoms with Crippen molar-refractivity contribution in [3.05, 3.63) is 84.5 Å². The fourth-order valence-corrected chi connectivity index (χ4v) is 7.02. The number of imidazole rings is 1. The highest BCUT2D eigenvalue weighted by molar-refractivity contribution is 5.97. The number of hydrogen-bond donors (Lipinski definition) is 1. The lowest BCUT2D eigenvalue weighted by Crippen LogP contribution is -2.58. The number of nitrogen functional groups attached to an aromatic ring is 1. The van der Waals surface area contributed by atoms with Crippen molar-refractivity contribution in [1.82, 2.24) is 29.1 Å². The number of piperazine rings is 1. The van der Waals surface area contributed by atoms with E-state index in [1.807, 2.05) is 79.0 Å². The summed E-state index contributed by atoms with van der Waals surface area (Å²) in [5.41, 5.74) is 8.25. The van der Waals surface area contributed by atoms with Crippen molar-refractivity contribution < 1.29 is 19.1 Å². The number of nitriles is 1. The smallest absolute Gasteiger partial charge is 0.410 e. The molecule has 0 bridgehead atoms. The molecule has 2 atom stereocenters. The van der Waals surface area contributed by atoms with Gasteiger partial charge in [0, 0.05) is 62.1 Å². The van der Waals surface area contributed by atoms with E-state index in [-0.39, 0.29) is 29.5 Å². The summed E-state index contributed by atoms with van der Waals surface area (Å²) in [5, 5.41) is 10.2. The zero-order valence-corrected chi connectivity index (χ0v) is 27.1. The van der Waals surface area contributed by atoms with Gasteiger partial charge in [-0.1, -0.05) is 18.2 Å². The Hall–Kier alpha value is -5.41. The molecule has 0 unspecified atom stereocenters. The highest BCUT2D eigenvalue weighted by atomic mass is 16.6. The number of nitrogens with zero attached hydrogens (tertiary/aromatic N) is 7. The lowest BCUT2D eigenvalue weighted by molar-refractivity contribution is -0.128. The maximum absolute atomic E-state index is 13.9. The first-order valence-electron chi connectivity index (χ1n) is 16.3. The summed E-state index contributed by atoms with van der Waals surface area (Å²) < 4.78 is 13.2. The maximum Gasteiger partial charge on any atom is 0.410 e. The number of fused-ring (bicyclic) bond motifs is 2. The fraction of sp³-hybridized carbons (Fsp3) is 0.361. The van der Waals surface area contributed by atoms with E-state index in [1.165, 1.54) is 0 Å². The number of benzene rings is 2. The van der Waals surface area contributed by atoms with E-state index in [2.05, 4.69) is 16.0 Å². The number of aromatic nitrogens is 3. The molecule has 0 spiro atoms. The van der Waals surface area contributed by atoms with Crippen molar-refractivity contribution in [2.75, 3.05) is 45.1 Å². The second-order valence-corrected chi connectivity index (χ2v) is 13.1. The molecule has 3 aliphatic heterocycles. The SMILES string of the molecule is CC(C)(/C=C(/C#N)C(=O)N1CCC[C@@H](c2nc(-c3ccc(Oc4ccccc4)cc3)c3c(N)nccn23)C1)N1CCN2C(=O)OC[C@@H]2C1. The van der Waals surface area contributed by atoms with Crippen LogP contribution < -0.4 is 10.5 Å². The second-order valence-electron chi connectivity index (χ2n) is 13.1. The molecule has 246 valence electrons. The number of carbonyl (C=O) groups excluding carboxylic acids is 2. The van der Waals surface area contributed by atoms with Crippen LogP contribution in [-0.2, 0) is 9.53 Å². The minimum absolute atomic E-state index is 0.0259. The normalized spacial score (nSPS) is 20.4. The van der Waals surface area contributed by atoms with Gasteiger partial charge in [0.15, 0.2) is 0 Å². The van der Waals surface area contributed by atoms with E-state index in [0.717, 1.165) is 30.0 Å². The third-order valence-corrected chi connectivity index (χ3v) is 9.57. The van der Waals surface area contributed by atoms with Gasteiger partial charge in [-0.3, -0.25) is 19.0 Å². The predicted octanol–water partition coefficient (Wildman–Crippen LogP) is 4.84. The van der Waals surface area contributed by atoms with Gasteiger partial charge < -0.3 is 20.1 Å². The number of likely N-dealkylation sites (tertiary alicyclic amines) is 1. The largest absolute Gasteiger partial charge is 0.457 e. The monoisotopic (exact) mass is 646 g/mol. The Kier molecular flexibility index (Phi) is 8.23. The van der Waals surface area contributed by atoms with E-state index in [0.29, 0.717) is 62.1 Å². The summed E-state index contributed by atoms with van der Waals surface area (Å²) in [6.07, 6.45) is 6.61. The molecular weight excluding hydrogens is 608 g/mol. The highest BCUT2D eigenvalue weighted by Crippen LogP contribution is 2.35. The Balaban J connectivity index is 1.11. The van der Waals surface area contributed by atoms with Crippen molar-refractivity contribution in [1.29, 1.82) is 5.26 Å². The van der Waals surface area contributed by atoms with Crippen molar-refractivity contribution in [2.24, 2.45) is 0 Å². The zero-order valence-electron chi connectivity index (χ0n) is 27.1. The molecule has 4 aromatic rings. The van der Waals surface area contributed by atoms with Crippen LogP contribution in [-0.4, -0.2) is 92.0 Å². The topological polar surface area (TPSA) is 142 Å². The summed E-state index contributed by atoms with van der Waals surface area (Å²) in [7, 11) is 0. The minimum Gasteiger partial charge on any atom is -0.457 e. The summed E-state index contributed by atoms with van der Waals surface area (Å²) in [4.78, 5) is 41.0. The van der Waals surface area contributed by atoms with Crippen molar-refractivity contribution in [2.45, 2.75) is 44.2 Å².